The molecule has 1 aliphatic heterocycles. The Morgan fingerprint density at radius 1 is 1.10 bits per heavy atom. The lowest BCUT2D eigenvalue weighted by Crippen LogP contribution is -2.39. The van der Waals surface area contributed by atoms with Gasteiger partial charge in [-0.15, -0.1) is 0 Å². The van der Waals surface area contributed by atoms with Gasteiger partial charge in [0.1, 0.15) is 5.75 Å². The summed E-state index contributed by atoms with van der Waals surface area (Å²) in [6.07, 6.45) is 5.18. The van der Waals surface area contributed by atoms with E-state index in [1.54, 1.807) is 7.11 Å². The summed E-state index contributed by atoms with van der Waals surface area (Å²) < 4.78 is 5.54. The van der Waals surface area contributed by atoms with Gasteiger partial charge in [0.2, 0.25) is 5.91 Å². The second-order valence-electron chi connectivity index (χ2n) is 8.68. The van der Waals surface area contributed by atoms with E-state index < -0.39 is 0 Å². The molecule has 1 amide bonds. The lowest BCUT2D eigenvalue weighted by molar-refractivity contribution is -0.117. The normalized spacial score (nSPS) is 23.4. The van der Waals surface area contributed by atoms with Crippen LogP contribution in [0.2, 0.25) is 5.02 Å². The molecular weight excluding hydrogens is 384 g/mol. The number of fused-ring (bicyclic) bond motifs is 5. The fourth-order valence-electron chi connectivity index (χ4n) is 5.06. The van der Waals surface area contributed by atoms with E-state index in [0.29, 0.717) is 17.0 Å². The highest BCUT2D eigenvalue weighted by molar-refractivity contribution is 6.32. The first-order valence-electron chi connectivity index (χ1n) is 10.6. The smallest absolute Gasteiger partial charge is 0.227 e. The second-order valence-corrected chi connectivity index (χ2v) is 9.08. The van der Waals surface area contributed by atoms with Gasteiger partial charge in [-0.05, 0) is 85.7 Å². The molecule has 3 aliphatic rings. The third kappa shape index (κ3) is 3.43. The van der Waals surface area contributed by atoms with Crippen LogP contribution in [0.4, 0.5) is 5.69 Å². The molecule has 0 spiro atoms. The van der Waals surface area contributed by atoms with E-state index >= 15 is 0 Å². The van der Waals surface area contributed by atoms with Crippen molar-refractivity contribution in [1.29, 1.82) is 0 Å². The minimum absolute atomic E-state index is 0.164. The van der Waals surface area contributed by atoms with Crippen LogP contribution < -0.4 is 10.1 Å². The summed E-state index contributed by atoms with van der Waals surface area (Å²) in [5, 5.41) is 3.79. The lowest BCUT2D eigenvalue weighted by atomic mass is 9.74. The number of rotatable bonds is 3. The maximum absolute atomic E-state index is 12.2. The SMILES string of the molecule is COc1cc2c(cc1Cl)CCN(C)C1CCc3cc(NC(=O)C4CC4)ccc3C21. The molecule has 0 bridgehead atoms. The van der Waals surface area contributed by atoms with Crippen LogP contribution in [-0.2, 0) is 17.6 Å². The van der Waals surface area contributed by atoms with Crippen molar-refractivity contribution in [2.75, 3.05) is 26.0 Å². The van der Waals surface area contributed by atoms with Crippen molar-refractivity contribution in [2.24, 2.45) is 5.92 Å². The van der Waals surface area contributed by atoms with E-state index in [0.717, 1.165) is 50.1 Å². The number of hydrogen-bond acceptors (Lipinski definition) is 3. The summed E-state index contributed by atoms with van der Waals surface area (Å²) in [4.78, 5) is 14.7. The highest BCUT2D eigenvalue weighted by atomic mass is 35.5. The Morgan fingerprint density at radius 3 is 2.66 bits per heavy atom. The third-order valence-corrected chi connectivity index (χ3v) is 7.13. The number of halogens is 1. The summed E-state index contributed by atoms with van der Waals surface area (Å²) in [5.74, 6) is 1.42. The Balaban J connectivity index is 1.56. The molecule has 29 heavy (non-hydrogen) atoms. The van der Waals surface area contributed by atoms with Gasteiger partial charge in [0.15, 0.2) is 0 Å². The van der Waals surface area contributed by atoms with Crippen molar-refractivity contribution in [1.82, 2.24) is 4.90 Å². The van der Waals surface area contributed by atoms with E-state index in [1.807, 2.05) is 0 Å². The van der Waals surface area contributed by atoms with Gasteiger partial charge in [0, 0.05) is 30.1 Å². The van der Waals surface area contributed by atoms with Crippen molar-refractivity contribution < 1.29 is 9.53 Å². The molecule has 1 N–H and O–H groups in total. The number of carbonyl (C=O) groups excluding carboxylic acids is 1. The number of aryl methyl sites for hydroxylation is 1. The lowest BCUT2D eigenvalue weighted by Gasteiger charge is -2.38. The average molecular weight is 411 g/mol. The maximum atomic E-state index is 12.2. The molecule has 152 valence electrons. The van der Waals surface area contributed by atoms with Crippen molar-refractivity contribution in [3.8, 4) is 5.75 Å². The number of ether oxygens (including phenoxy) is 1. The number of anilines is 1. The highest BCUT2D eigenvalue weighted by Crippen LogP contribution is 2.45. The largest absolute Gasteiger partial charge is 0.495 e. The van der Waals surface area contributed by atoms with Crippen LogP contribution >= 0.6 is 11.6 Å². The van der Waals surface area contributed by atoms with Crippen LogP contribution in [0.3, 0.4) is 0 Å². The Hall–Kier alpha value is -2.04. The zero-order chi connectivity index (χ0) is 20.1. The number of methoxy groups -OCH3 is 1. The number of amides is 1. The average Bonchev–Trinajstić information content (AvgIpc) is 3.57. The van der Waals surface area contributed by atoms with E-state index in [-0.39, 0.29) is 11.8 Å². The van der Waals surface area contributed by atoms with Crippen molar-refractivity contribution in [2.45, 2.75) is 44.1 Å². The van der Waals surface area contributed by atoms with E-state index in [4.69, 9.17) is 16.3 Å². The molecule has 5 rings (SSSR count). The molecule has 2 atom stereocenters. The first-order valence-corrected chi connectivity index (χ1v) is 10.9. The summed E-state index contributed by atoms with van der Waals surface area (Å²) in [6.45, 7) is 1.03. The van der Waals surface area contributed by atoms with Gasteiger partial charge in [-0.25, -0.2) is 0 Å². The van der Waals surface area contributed by atoms with Gasteiger partial charge >= 0.3 is 0 Å². The second kappa shape index (κ2) is 7.33. The molecule has 4 nitrogen and oxygen atoms in total. The van der Waals surface area contributed by atoms with Crippen LogP contribution in [-0.4, -0.2) is 37.6 Å². The number of likely N-dealkylation sites (N-methyl/N-ethyl adjacent to an activating group) is 1. The first kappa shape index (κ1) is 19.0. The minimum atomic E-state index is 0.164. The molecule has 1 fully saturated rings. The predicted molar refractivity (Wildman–Crippen MR) is 116 cm³/mol. The number of benzene rings is 2. The molecule has 2 aliphatic carbocycles. The van der Waals surface area contributed by atoms with Gasteiger partial charge in [0.05, 0.1) is 12.1 Å². The van der Waals surface area contributed by atoms with Crippen LogP contribution in [0.5, 0.6) is 5.75 Å². The molecule has 2 aromatic rings. The zero-order valence-electron chi connectivity index (χ0n) is 17.0. The summed E-state index contributed by atoms with van der Waals surface area (Å²) >= 11 is 6.45. The van der Waals surface area contributed by atoms with Gasteiger partial charge in [-0.2, -0.15) is 0 Å². The molecule has 0 aromatic heterocycles. The first-order chi connectivity index (χ1) is 14.0. The molecule has 2 unspecified atom stereocenters. The molecule has 0 radical (unpaired) electrons. The number of nitrogens with zero attached hydrogens (tertiary/aromatic N) is 1. The Kier molecular flexibility index (Phi) is 4.79. The summed E-state index contributed by atoms with van der Waals surface area (Å²) in [5.41, 5.74) is 6.28. The molecule has 1 heterocycles. The monoisotopic (exact) mass is 410 g/mol. The van der Waals surface area contributed by atoms with Crippen molar-refractivity contribution in [3.05, 3.63) is 57.6 Å². The maximum Gasteiger partial charge on any atom is 0.227 e. The van der Waals surface area contributed by atoms with Crippen LogP contribution in [0.25, 0.3) is 0 Å². The predicted octanol–water partition coefficient (Wildman–Crippen LogP) is 4.63. The molecular formula is C24H27ClN2O2. The standard InChI is InChI=1S/C24H27ClN2O2/c1-27-10-9-16-12-20(25)22(29-2)13-19(16)23-18-7-6-17(26-24(28)14-3-4-14)11-15(18)5-8-21(23)27/h6-7,11-14,21,23H,3-5,8-10H2,1-2H3,(H,26,28). The van der Waals surface area contributed by atoms with Crippen molar-refractivity contribution in [3.63, 3.8) is 0 Å². The Bertz CT molecular complexity index is 970. The summed E-state index contributed by atoms with van der Waals surface area (Å²) in [6, 6.07) is 11.2. The van der Waals surface area contributed by atoms with Crippen LogP contribution in [0.1, 0.15) is 47.4 Å². The molecule has 5 heteroatoms. The van der Waals surface area contributed by atoms with E-state index in [9.17, 15) is 4.79 Å². The third-order valence-electron chi connectivity index (χ3n) is 6.84. The van der Waals surface area contributed by atoms with Crippen LogP contribution in [0, 0.1) is 5.92 Å². The van der Waals surface area contributed by atoms with E-state index in [1.165, 1.54) is 22.3 Å². The molecule has 1 saturated carbocycles. The van der Waals surface area contributed by atoms with Gasteiger partial charge in [-0.1, -0.05) is 17.7 Å². The highest BCUT2D eigenvalue weighted by Gasteiger charge is 2.37. The Labute approximate surface area is 177 Å². The van der Waals surface area contributed by atoms with Crippen molar-refractivity contribution >= 4 is 23.2 Å². The zero-order valence-corrected chi connectivity index (χ0v) is 17.8. The molecule has 2 aromatic carbocycles. The fraction of sp³-hybridized carbons (Fsp3) is 0.458. The van der Waals surface area contributed by atoms with Gasteiger partial charge < -0.3 is 15.0 Å². The quantitative estimate of drug-likeness (QED) is 0.801. The number of carbonyl (C=O) groups is 1. The Morgan fingerprint density at radius 2 is 1.90 bits per heavy atom. The van der Waals surface area contributed by atoms with Crippen LogP contribution in [0.15, 0.2) is 30.3 Å². The number of nitrogens with one attached hydrogen (secondary N) is 1. The summed E-state index contributed by atoms with van der Waals surface area (Å²) in [7, 11) is 3.91. The molecule has 0 saturated heterocycles. The van der Waals surface area contributed by atoms with Gasteiger partial charge in [0.25, 0.3) is 0 Å². The van der Waals surface area contributed by atoms with E-state index in [2.05, 4.69) is 47.6 Å². The number of hydrogen-bond donors (Lipinski definition) is 1. The minimum Gasteiger partial charge on any atom is -0.495 e. The fourth-order valence-corrected chi connectivity index (χ4v) is 5.32. The van der Waals surface area contributed by atoms with Gasteiger partial charge in [-0.3, -0.25) is 4.79 Å². The topological polar surface area (TPSA) is 41.6 Å².